The fourth-order valence-electron chi connectivity index (χ4n) is 2.85. The lowest BCUT2D eigenvalue weighted by molar-refractivity contribution is -0.127. The molecule has 1 amide bonds. The molecule has 0 atom stereocenters. The van der Waals surface area contributed by atoms with E-state index >= 15 is 0 Å². The molecule has 0 aromatic heterocycles. The number of hydrogen-bond donors (Lipinski definition) is 2. The molecule has 0 bridgehead atoms. The predicted molar refractivity (Wildman–Crippen MR) is 127 cm³/mol. The molecular weight excluding hydrogens is 471 g/mol. The smallest absolute Gasteiger partial charge is 0.222 e. The van der Waals surface area contributed by atoms with Gasteiger partial charge in [-0.15, -0.1) is 24.0 Å². The van der Waals surface area contributed by atoms with Crippen LogP contribution in [0, 0.1) is 6.92 Å². The lowest BCUT2D eigenvalue weighted by Crippen LogP contribution is -2.38. The van der Waals surface area contributed by atoms with Gasteiger partial charge < -0.3 is 15.5 Å². The zero-order valence-corrected chi connectivity index (χ0v) is 19.6. The van der Waals surface area contributed by atoms with Crippen molar-refractivity contribution in [2.24, 2.45) is 4.99 Å². The lowest BCUT2D eigenvalue weighted by atomic mass is 10.2. The maximum absolute atomic E-state index is 11.6. The number of nitrogens with zero attached hydrogens (tertiary/aromatic N) is 2. The summed E-state index contributed by atoms with van der Waals surface area (Å²) in [5, 5.41) is 6.67. The number of benzene rings is 1. The molecule has 0 radical (unpaired) electrons. The Morgan fingerprint density at radius 2 is 2.04 bits per heavy atom. The van der Waals surface area contributed by atoms with Gasteiger partial charge in [0.25, 0.3) is 0 Å². The van der Waals surface area contributed by atoms with Crippen LogP contribution in [0.5, 0.6) is 0 Å². The molecule has 152 valence electrons. The first kappa shape index (κ1) is 24.1. The van der Waals surface area contributed by atoms with Crippen LogP contribution in [0.25, 0.3) is 0 Å². The molecule has 1 aliphatic rings. The highest BCUT2D eigenvalue weighted by atomic mass is 127. The third-order valence-corrected chi connectivity index (χ3v) is 5.33. The molecule has 0 saturated carbocycles. The number of halogens is 1. The first-order chi connectivity index (χ1) is 12.7. The van der Waals surface area contributed by atoms with Gasteiger partial charge in [-0.2, -0.15) is 11.8 Å². The largest absolute Gasteiger partial charge is 0.357 e. The van der Waals surface area contributed by atoms with Crippen molar-refractivity contribution in [3.63, 3.8) is 0 Å². The van der Waals surface area contributed by atoms with E-state index in [1.54, 1.807) is 0 Å². The van der Waals surface area contributed by atoms with E-state index in [9.17, 15) is 4.79 Å². The maximum Gasteiger partial charge on any atom is 0.222 e. The number of amides is 1. The summed E-state index contributed by atoms with van der Waals surface area (Å²) >= 11 is 1.93. The van der Waals surface area contributed by atoms with Gasteiger partial charge in [-0.3, -0.25) is 9.79 Å². The molecule has 1 fully saturated rings. The Hall–Kier alpha value is -0.960. The first-order valence-corrected chi connectivity index (χ1v) is 10.8. The van der Waals surface area contributed by atoms with Gasteiger partial charge in [-0.05, 0) is 32.3 Å². The van der Waals surface area contributed by atoms with E-state index < -0.39 is 0 Å². The normalized spacial score (nSPS) is 14.2. The topological polar surface area (TPSA) is 56.7 Å². The average molecular weight is 504 g/mol. The third kappa shape index (κ3) is 9.69. The average Bonchev–Trinajstić information content (AvgIpc) is 3.05. The standard InChI is InChI=1S/C20H32N4OS.HI/c1-3-21-20(22-11-5-14-24-13-4-6-19(24)25)23-12-15-26-16-18-9-7-17(2)8-10-18;/h7-10H,3-6,11-16H2,1-2H3,(H2,21,22,23);1H. The molecule has 1 aromatic rings. The Kier molecular flexibility index (Phi) is 12.6. The van der Waals surface area contributed by atoms with E-state index in [0.29, 0.717) is 12.3 Å². The molecule has 2 N–H and O–H groups in total. The Morgan fingerprint density at radius 1 is 1.26 bits per heavy atom. The molecule has 5 nitrogen and oxygen atoms in total. The van der Waals surface area contributed by atoms with Crippen molar-refractivity contribution in [1.82, 2.24) is 15.5 Å². The second-order valence-corrected chi connectivity index (χ2v) is 7.67. The number of aliphatic imine (C=N–C) groups is 1. The fraction of sp³-hybridized carbons (Fsp3) is 0.600. The number of carbonyl (C=O) groups excluding carboxylic acids is 1. The van der Waals surface area contributed by atoms with Crippen molar-refractivity contribution in [3.05, 3.63) is 35.4 Å². The Labute approximate surface area is 185 Å². The molecule has 1 heterocycles. The molecule has 2 rings (SSSR count). The Morgan fingerprint density at radius 3 is 2.70 bits per heavy atom. The third-order valence-electron chi connectivity index (χ3n) is 4.30. The number of carbonyl (C=O) groups is 1. The molecule has 1 aromatic carbocycles. The SMILES string of the molecule is CCNC(=NCCCN1CCCC1=O)NCCSCc1ccc(C)cc1.I. The minimum absolute atomic E-state index is 0. The molecule has 0 spiro atoms. The van der Waals surface area contributed by atoms with E-state index in [4.69, 9.17) is 0 Å². The highest BCUT2D eigenvalue weighted by Gasteiger charge is 2.18. The van der Waals surface area contributed by atoms with Crippen LogP contribution in [-0.2, 0) is 10.5 Å². The minimum atomic E-state index is 0. The van der Waals surface area contributed by atoms with Crippen LogP contribution < -0.4 is 10.6 Å². The number of likely N-dealkylation sites (tertiary alicyclic amines) is 1. The van der Waals surface area contributed by atoms with Crippen LogP contribution in [-0.4, -0.2) is 55.2 Å². The highest BCUT2D eigenvalue weighted by Crippen LogP contribution is 2.12. The maximum atomic E-state index is 11.6. The van der Waals surface area contributed by atoms with Gasteiger partial charge in [0, 0.05) is 50.7 Å². The van der Waals surface area contributed by atoms with E-state index in [2.05, 4.69) is 53.7 Å². The molecule has 1 saturated heterocycles. The molecule has 1 aliphatic heterocycles. The molecule has 27 heavy (non-hydrogen) atoms. The van der Waals surface area contributed by atoms with Gasteiger partial charge in [-0.1, -0.05) is 29.8 Å². The van der Waals surface area contributed by atoms with Gasteiger partial charge in [0.15, 0.2) is 5.96 Å². The van der Waals surface area contributed by atoms with Gasteiger partial charge in [0.2, 0.25) is 5.91 Å². The number of aryl methyl sites for hydroxylation is 1. The Bertz CT molecular complexity index is 580. The van der Waals surface area contributed by atoms with E-state index in [1.807, 2.05) is 16.7 Å². The van der Waals surface area contributed by atoms with Gasteiger partial charge >= 0.3 is 0 Å². The number of hydrogen-bond acceptors (Lipinski definition) is 3. The van der Waals surface area contributed by atoms with Crippen molar-refractivity contribution in [2.75, 3.05) is 38.5 Å². The summed E-state index contributed by atoms with van der Waals surface area (Å²) in [6, 6.07) is 8.73. The summed E-state index contributed by atoms with van der Waals surface area (Å²) in [5.74, 6) is 3.25. The number of rotatable bonds is 10. The van der Waals surface area contributed by atoms with Crippen molar-refractivity contribution >= 4 is 47.6 Å². The summed E-state index contributed by atoms with van der Waals surface area (Å²) in [4.78, 5) is 18.2. The van der Waals surface area contributed by atoms with Crippen LogP contribution >= 0.6 is 35.7 Å². The fourth-order valence-corrected chi connectivity index (χ4v) is 3.67. The minimum Gasteiger partial charge on any atom is -0.357 e. The summed E-state index contributed by atoms with van der Waals surface area (Å²) in [6.45, 7) is 8.43. The zero-order chi connectivity index (χ0) is 18.6. The molecule has 0 aliphatic carbocycles. The summed E-state index contributed by atoms with van der Waals surface area (Å²) in [5.41, 5.74) is 2.68. The first-order valence-electron chi connectivity index (χ1n) is 9.62. The molecule has 0 unspecified atom stereocenters. The number of nitrogens with one attached hydrogen (secondary N) is 2. The lowest BCUT2D eigenvalue weighted by Gasteiger charge is -2.15. The predicted octanol–water partition coefficient (Wildman–Crippen LogP) is 3.41. The van der Waals surface area contributed by atoms with Crippen LogP contribution in [0.15, 0.2) is 29.3 Å². The Balaban J connectivity index is 0.00000364. The van der Waals surface area contributed by atoms with E-state index in [-0.39, 0.29) is 24.0 Å². The van der Waals surface area contributed by atoms with Gasteiger partial charge in [0.05, 0.1) is 0 Å². The van der Waals surface area contributed by atoms with Crippen LogP contribution in [0.1, 0.15) is 37.3 Å². The second kappa shape index (κ2) is 14.1. The summed E-state index contributed by atoms with van der Waals surface area (Å²) in [6.07, 6.45) is 2.64. The summed E-state index contributed by atoms with van der Waals surface area (Å²) in [7, 11) is 0. The van der Waals surface area contributed by atoms with Gasteiger partial charge in [-0.25, -0.2) is 0 Å². The monoisotopic (exact) mass is 504 g/mol. The van der Waals surface area contributed by atoms with Crippen molar-refractivity contribution < 1.29 is 4.79 Å². The van der Waals surface area contributed by atoms with Crippen LogP contribution in [0.2, 0.25) is 0 Å². The quantitative estimate of drug-likeness (QED) is 0.222. The molecular formula is C20H33IN4OS. The van der Waals surface area contributed by atoms with Gasteiger partial charge in [0.1, 0.15) is 0 Å². The second-order valence-electron chi connectivity index (χ2n) is 6.56. The number of thioether (sulfide) groups is 1. The number of guanidine groups is 1. The van der Waals surface area contributed by atoms with E-state index in [0.717, 1.165) is 63.0 Å². The molecule has 7 heteroatoms. The highest BCUT2D eigenvalue weighted by molar-refractivity contribution is 14.0. The van der Waals surface area contributed by atoms with Crippen molar-refractivity contribution in [3.8, 4) is 0 Å². The van der Waals surface area contributed by atoms with E-state index in [1.165, 1.54) is 11.1 Å². The van der Waals surface area contributed by atoms with Crippen LogP contribution in [0.3, 0.4) is 0 Å². The summed E-state index contributed by atoms with van der Waals surface area (Å²) < 4.78 is 0. The van der Waals surface area contributed by atoms with Crippen molar-refractivity contribution in [2.45, 2.75) is 38.9 Å². The van der Waals surface area contributed by atoms with Crippen molar-refractivity contribution in [1.29, 1.82) is 0 Å². The van der Waals surface area contributed by atoms with Crippen LogP contribution in [0.4, 0.5) is 0 Å². The zero-order valence-electron chi connectivity index (χ0n) is 16.5.